The summed E-state index contributed by atoms with van der Waals surface area (Å²) in [6.07, 6.45) is 2.56. The quantitative estimate of drug-likeness (QED) is 0.722. The number of rotatable bonds is 9. The predicted molar refractivity (Wildman–Crippen MR) is 83.5 cm³/mol. The third-order valence-corrected chi connectivity index (χ3v) is 3.51. The van der Waals surface area contributed by atoms with Crippen molar-refractivity contribution in [3.63, 3.8) is 0 Å². The van der Waals surface area contributed by atoms with Crippen molar-refractivity contribution in [2.24, 2.45) is 0 Å². The van der Waals surface area contributed by atoms with E-state index in [1.807, 2.05) is 20.0 Å². The fourth-order valence-electron chi connectivity index (χ4n) is 1.62. The molecule has 0 fully saturated rings. The van der Waals surface area contributed by atoms with Gasteiger partial charge in [0.1, 0.15) is 18.2 Å². The van der Waals surface area contributed by atoms with Crippen LogP contribution in [-0.2, 0) is 22.1 Å². The van der Waals surface area contributed by atoms with Crippen LogP contribution in [0.1, 0.15) is 26.1 Å². The van der Waals surface area contributed by atoms with Crippen molar-refractivity contribution in [1.82, 2.24) is 9.97 Å². The van der Waals surface area contributed by atoms with Crippen molar-refractivity contribution in [3.8, 4) is 0 Å². The summed E-state index contributed by atoms with van der Waals surface area (Å²) in [5.41, 5.74) is 0. The zero-order valence-electron chi connectivity index (χ0n) is 12.6. The van der Waals surface area contributed by atoms with Crippen molar-refractivity contribution in [2.45, 2.75) is 32.9 Å². The molecule has 114 valence electrons. The van der Waals surface area contributed by atoms with E-state index in [1.165, 1.54) is 0 Å². The molecule has 0 amide bonds. The van der Waals surface area contributed by atoms with Gasteiger partial charge in [0.15, 0.2) is 5.82 Å². The maximum atomic E-state index is 11.1. The Morgan fingerprint density at radius 1 is 1.40 bits per heavy atom. The molecule has 0 saturated carbocycles. The van der Waals surface area contributed by atoms with E-state index in [2.05, 4.69) is 27.5 Å². The van der Waals surface area contributed by atoms with Crippen LogP contribution in [0.25, 0.3) is 0 Å². The fourth-order valence-corrected chi connectivity index (χ4v) is 2.31. The highest BCUT2D eigenvalue weighted by atomic mass is 32.2. The molecular weight excluding hydrogens is 276 g/mol. The van der Waals surface area contributed by atoms with Gasteiger partial charge in [-0.2, -0.15) is 0 Å². The number of aromatic nitrogens is 2. The Morgan fingerprint density at radius 3 is 2.70 bits per heavy atom. The minimum Gasteiger partial charge on any atom is -0.374 e. The lowest BCUT2D eigenvalue weighted by atomic mass is 10.2. The molecule has 0 spiro atoms. The molecule has 6 nitrogen and oxygen atoms in total. The highest BCUT2D eigenvalue weighted by Crippen LogP contribution is 2.13. The molecule has 7 heteroatoms. The number of hydrogen-bond acceptors (Lipinski definition) is 6. The van der Waals surface area contributed by atoms with Crippen LogP contribution in [-0.4, -0.2) is 45.9 Å². The van der Waals surface area contributed by atoms with Gasteiger partial charge in [-0.3, -0.25) is 4.21 Å². The van der Waals surface area contributed by atoms with Crippen LogP contribution in [0.2, 0.25) is 0 Å². The van der Waals surface area contributed by atoms with E-state index in [0.717, 1.165) is 18.1 Å². The molecule has 1 heterocycles. The van der Waals surface area contributed by atoms with Gasteiger partial charge in [-0.1, -0.05) is 0 Å². The first-order valence-corrected chi connectivity index (χ1v) is 8.47. The van der Waals surface area contributed by atoms with Crippen molar-refractivity contribution in [1.29, 1.82) is 0 Å². The minimum absolute atomic E-state index is 0.207. The highest BCUT2D eigenvalue weighted by Gasteiger charge is 2.08. The normalized spacial score (nSPS) is 13.8. The lowest BCUT2D eigenvalue weighted by Crippen LogP contribution is -2.19. The van der Waals surface area contributed by atoms with Gasteiger partial charge < -0.3 is 15.4 Å². The van der Waals surface area contributed by atoms with Gasteiger partial charge >= 0.3 is 0 Å². The largest absolute Gasteiger partial charge is 0.374 e. The Bertz CT molecular complexity index is 442. The monoisotopic (exact) mass is 300 g/mol. The number of nitrogens with zero attached hydrogens (tertiary/aromatic N) is 2. The molecule has 0 bridgehead atoms. The molecule has 2 atom stereocenters. The second-order valence-electron chi connectivity index (χ2n) is 4.55. The summed E-state index contributed by atoms with van der Waals surface area (Å²) in [4.78, 5) is 8.76. The summed E-state index contributed by atoms with van der Waals surface area (Å²) >= 11 is 0. The molecule has 0 radical (unpaired) electrons. The molecule has 0 aliphatic heterocycles. The van der Waals surface area contributed by atoms with Crippen molar-refractivity contribution >= 4 is 22.4 Å². The SMILES string of the molecule is CCOCc1nc(NC)cc(NC(C)CCS(C)=O)n1. The first-order valence-electron chi connectivity index (χ1n) is 6.75. The van der Waals surface area contributed by atoms with Crippen LogP contribution in [0.3, 0.4) is 0 Å². The Balaban J connectivity index is 2.69. The van der Waals surface area contributed by atoms with Gasteiger partial charge in [-0.15, -0.1) is 0 Å². The standard InChI is InChI=1S/C13H24N4O2S/c1-5-19-9-13-16-11(14-3)8-12(17-13)15-10(2)6-7-20(4)18/h8,10H,5-7,9H2,1-4H3,(H2,14,15,16,17). The highest BCUT2D eigenvalue weighted by molar-refractivity contribution is 7.84. The van der Waals surface area contributed by atoms with Gasteiger partial charge in [0.2, 0.25) is 0 Å². The predicted octanol–water partition coefficient (Wildman–Crippen LogP) is 1.62. The van der Waals surface area contributed by atoms with E-state index in [0.29, 0.717) is 24.8 Å². The molecule has 1 aromatic rings. The van der Waals surface area contributed by atoms with E-state index in [9.17, 15) is 4.21 Å². The van der Waals surface area contributed by atoms with Crippen LogP contribution in [0.15, 0.2) is 6.07 Å². The van der Waals surface area contributed by atoms with Gasteiger partial charge in [-0.25, -0.2) is 9.97 Å². The van der Waals surface area contributed by atoms with Crippen LogP contribution in [0.4, 0.5) is 11.6 Å². The summed E-state index contributed by atoms with van der Waals surface area (Å²) in [7, 11) is 1.06. The molecular formula is C13H24N4O2S. The maximum Gasteiger partial charge on any atom is 0.158 e. The zero-order valence-corrected chi connectivity index (χ0v) is 13.4. The summed E-state index contributed by atoms with van der Waals surface area (Å²) in [5, 5.41) is 6.32. The van der Waals surface area contributed by atoms with Gasteiger partial charge in [0.05, 0.1) is 0 Å². The number of hydrogen-bond donors (Lipinski definition) is 2. The van der Waals surface area contributed by atoms with Crippen LogP contribution in [0, 0.1) is 0 Å². The van der Waals surface area contributed by atoms with Crippen LogP contribution >= 0.6 is 0 Å². The second kappa shape index (κ2) is 8.86. The second-order valence-corrected chi connectivity index (χ2v) is 6.11. The Labute approximate surface area is 123 Å². The van der Waals surface area contributed by atoms with Crippen molar-refractivity contribution in [2.75, 3.05) is 36.3 Å². The molecule has 2 unspecified atom stereocenters. The minimum atomic E-state index is -0.764. The smallest absolute Gasteiger partial charge is 0.158 e. The number of ether oxygens (including phenoxy) is 1. The van der Waals surface area contributed by atoms with E-state index < -0.39 is 10.8 Å². The van der Waals surface area contributed by atoms with Crippen LogP contribution < -0.4 is 10.6 Å². The van der Waals surface area contributed by atoms with Crippen LogP contribution in [0.5, 0.6) is 0 Å². The third kappa shape index (κ3) is 6.29. The fraction of sp³-hybridized carbons (Fsp3) is 0.692. The molecule has 0 saturated heterocycles. The summed E-state index contributed by atoms with van der Waals surface area (Å²) in [6, 6.07) is 2.06. The van der Waals surface area contributed by atoms with Gasteiger partial charge in [-0.05, 0) is 20.3 Å². The molecule has 0 aromatic carbocycles. The first-order chi connectivity index (χ1) is 9.55. The number of anilines is 2. The Morgan fingerprint density at radius 2 is 2.10 bits per heavy atom. The van der Waals surface area contributed by atoms with Crippen molar-refractivity contribution in [3.05, 3.63) is 11.9 Å². The average Bonchev–Trinajstić information content (AvgIpc) is 2.42. The van der Waals surface area contributed by atoms with E-state index in [4.69, 9.17) is 4.74 Å². The topological polar surface area (TPSA) is 76.1 Å². The zero-order chi connectivity index (χ0) is 15.0. The van der Waals surface area contributed by atoms with E-state index >= 15 is 0 Å². The summed E-state index contributed by atoms with van der Waals surface area (Å²) < 4.78 is 16.4. The molecule has 20 heavy (non-hydrogen) atoms. The van der Waals surface area contributed by atoms with Gasteiger partial charge in [0, 0.05) is 48.6 Å². The molecule has 0 aliphatic rings. The lowest BCUT2D eigenvalue weighted by molar-refractivity contribution is 0.128. The number of nitrogens with one attached hydrogen (secondary N) is 2. The summed E-state index contributed by atoms with van der Waals surface area (Å²) in [5.74, 6) is 2.84. The van der Waals surface area contributed by atoms with E-state index in [1.54, 1.807) is 6.26 Å². The van der Waals surface area contributed by atoms with Crippen molar-refractivity contribution < 1.29 is 8.95 Å². The third-order valence-electron chi connectivity index (χ3n) is 2.70. The average molecular weight is 300 g/mol. The molecule has 1 rings (SSSR count). The Hall–Kier alpha value is -1.21. The van der Waals surface area contributed by atoms with Gasteiger partial charge in [0.25, 0.3) is 0 Å². The first kappa shape index (κ1) is 16.8. The molecule has 0 aliphatic carbocycles. The molecule has 1 aromatic heterocycles. The maximum absolute atomic E-state index is 11.1. The van der Waals surface area contributed by atoms with E-state index in [-0.39, 0.29) is 6.04 Å². The molecule has 2 N–H and O–H groups in total. The summed E-state index contributed by atoms with van der Waals surface area (Å²) in [6.45, 7) is 5.02. The Kier molecular flexibility index (Phi) is 7.46. The lowest BCUT2D eigenvalue weighted by Gasteiger charge is -2.15.